The van der Waals surface area contributed by atoms with Gasteiger partial charge in [-0.25, -0.2) is 0 Å². The Balaban J connectivity index is 2.78. The zero-order valence-electron chi connectivity index (χ0n) is 14.9. The van der Waals surface area contributed by atoms with Crippen LogP contribution in [0.5, 0.6) is 0 Å². The summed E-state index contributed by atoms with van der Waals surface area (Å²) >= 11 is 0. The lowest BCUT2D eigenvalue weighted by Crippen LogP contribution is -2.59. The molecular weight excluding hydrogens is 362 g/mol. The normalized spacial score (nSPS) is 19.4. The molecule has 0 bridgehead atoms. The number of hydrogen-bond acceptors (Lipinski definition) is 7. The highest BCUT2D eigenvalue weighted by molar-refractivity contribution is 5.95. The number of amides is 4. The van der Waals surface area contributed by atoms with E-state index in [0.717, 1.165) is 6.42 Å². The van der Waals surface area contributed by atoms with Crippen LogP contribution in [0.1, 0.15) is 26.2 Å². The molecule has 1 heterocycles. The van der Waals surface area contributed by atoms with Crippen LogP contribution in [0, 0.1) is 0 Å². The third-order valence-electron chi connectivity index (χ3n) is 3.89. The Kier molecular flexibility index (Phi) is 8.62. The predicted octanol–water partition coefficient (Wildman–Crippen LogP) is -3.83. The number of aliphatic hydroxyl groups is 1. The van der Waals surface area contributed by atoms with Gasteiger partial charge in [-0.15, -0.1) is 0 Å². The Labute approximate surface area is 155 Å². The van der Waals surface area contributed by atoms with E-state index in [-0.39, 0.29) is 0 Å². The zero-order valence-corrected chi connectivity index (χ0v) is 14.9. The number of hydrogen-bond donors (Lipinski definition) is 7. The third-order valence-corrected chi connectivity index (χ3v) is 3.89. The molecule has 0 aromatic carbocycles. The van der Waals surface area contributed by atoms with Gasteiger partial charge in [0, 0.05) is 0 Å². The van der Waals surface area contributed by atoms with Gasteiger partial charge in [0.15, 0.2) is 0 Å². The number of nitrogens with one attached hydrogen (secondary N) is 4. The molecule has 1 fully saturated rings. The Morgan fingerprint density at radius 2 is 1.85 bits per heavy atom. The largest absolute Gasteiger partial charge is 0.480 e. The number of carbonyl (C=O) groups is 5. The fourth-order valence-electron chi connectivity index (χ4n) is 2.53. The molecule has 12 heteroatoms. The Bertz CT molecular complexity index is 589. The van der Waals surface area contributed by atoms with Crippen LogP contribution >= 0.6 is 0 Å². The molecule has 27 heavy (non-hydrogen) atoms. The van der Waals surface area contributed by atoms with Gasteiger partial charge >= 0.3 is 5.97 Å². The van der Waals surface area contributed by atoms with Gasteiger partial charge in [-0.2, -0.15) is 0 Å². The molecule has 0 aromatic rings. The average Bonchev–Trinajstić information content (AvgIpc) is 3.10. The quantitative estimate of drug-likeness (QED) is 0.197. The molecular formula is C15H25N5O7. The van der Waals surface area contributed by atoms with Gasteiger partial charge in [0.05, 0.1) is 18.6 Å². The number of carboxylic acids is 1. The molecule has 152 valence electrons. The number of aliphatic hydroxyl groups excluding tert-OH is 1. The van der Waals surface area contributed by atoms with Crippen LogP contribution in [0.15, 0.2) is 0 Å². The number of carbonyl (C=O) groups excluding carboxylic acids is 4. The Morgan fingerprint density at radius 3 is 2.33 bits per heavy atom. The van der Waals surface area contributed by atoms with E-state index in [1.165, 1.54) is 6.92 Å². The summed E-state index contributed by atoms with van der Waals surface area (Å²) in [7, 11) is 0. The van der Waals surface area contributed by atoms with Gasteiger partial charge in [-0.3, -0.25) is 24.0 Å². The molecule has 4 unspecified atom stereocenters. The minimum atomic E-state index is -1.45. The van der Waals surface area contributed by atoms with Crippen LogP contribution in [-0.2, 0) is 24.0 Å². The van der Waals surface area contributed by atoms with E-state index in [1.54, 1.807) is 0 Å². The van der Waals surface area contributed by atoms with Crippen LogP contribution in [0.4, 0.5) is 0 Å². The van der Waals surface area contributed by atoms with Gasteiger partial charge in [0.25, 0.3) is 0 Å². The number of nitrogens with two attached hydrogens (primary N) is 1. The van der Waals surface area contributed by atoms with Crippen molar-refractivity contribution in [3.63, 3.8) is 0 Å². The lowest BCUT2D eigenvalue weighted by Gasteiger charge is -2.25. The van der Waals surface area contributed by atoms with E-state index < -0.39 is 66.8 Å². The second kappa shape index (κ2) is 10.4. The molecule has 4 atom stereocenters. The van der Waals surface area contributed by atoms with Crippen molar-refractivity contribution in [3.8, 4) is 0 Å². The second-order valence-corrected chi connectivity index (χ2v) is 6.22. The van der Waals surface area contributed by atoms with Gasteiger partial charge in [0.2, 0.25) is 23.6 Å². The summed E-state index contributed by atoms with van der Waals surface area (Å²) in [4.78, 5) is 58.2. The molecule has 0 radical (unpaired) electrons. The first-order valence-electron chi connectivity index (χ1n) is 8.41. The van der Waals surface area contributed by atoms with Crippen LogP contribution in [-0.4, -0.2) is 77.1 Å². The van der Waals surface area contributed by atoms with Crippen molar-refractivity contribution in [2.75, 3.05) is 13.1 Å². The fraction of sp³-hybridized carbons (Fsp3) is 0.667. The van der Waals surface area contributed by atoms with Crippen LogP contribution in [0.2, 0.25) is 0 Å². The fourth-order valence-corrected chi connectivity index (χ4v) is 2.53. The van der Waals surface area contributed by atoms with Gasteiger partial charge in [-0.1, -0.05) is 0 Å². The van der Waals surface area contributed by atoms with Crippen molar-refractivity contribution < 1.29 is 34.2 Å². The molecule has 1 rings (SSSR count). The van der Waals surface area contributed by atoms with Crippen LogP contribution in [0.3, 0.4) is 0 Å². The molecule has 8 N–H and O–H groups in total. The first-order chi connectivity index (χ1) is 12.6. The minimum Gasteiger partial charge on any atom is -0.480 e. The Morgan fingerprint density at radius 1 is 1.19 bits per heavy atom. The molecule has 4 amide bonds. The summed E-state index contributed by atoms with van der Waals surface area (Å²) in [6.07, 6.45) is -0.482. The van der Waals surface area contributed by atoms with Crippen molar-refractivity contribution in [1.29, 1.82) is 0 Å². The summed E-state index contributed by atoms with van der Waals surface area (Å²) < 4.78 is 0. The second-order valence-electron chi connectivity index (χ2n) is 6.22. The van der Waals surface area contributed by atoms with Crippen molar-refractivity contribution in [2.24, 2.45) is 5.73 Å². The minimum absolute atomic E-state index is 0.477. The average molecular weight is 387 g/mol. The topological polar surface area (TPSA) is 200 Å². The molecule has 1 saturated heterocycles. The first-order valence-corrected chi connectivity index (χ1v) is 8.41. The highest BCUT2D eigenvalue weighted by Gasteiger charge is 2.33. The molecule has 1 aliphatic heterocycles. The van der Waals surface area contributed by atoms with E-state index in [9.17, 15) is 29.1 Å². The maximum atomic E-state index is 12.4. The van der Waals surface area contributed by atoms with Crippen molar-refractivity contribution in [1.82, 2.24) is 21.3 Å². The molecule has 0 aromatic heterocycles. The third kappa shape index (κ3) is 7.58. The number of aliphatic carboxylic acids is 1. The first kappa shape index (κ1) is 22.3. The lowest BCUT2D eigenvalue weighted by molar-refractivity contribution is -0.139. The maximum absolute atomic E-state index is 12.4. The lowest BCUT2D eigenvalue weighted by atomic mass is 10.1. The highest BCUT2D eigenvalue weighted by Crippen LogP contribution is 2.06. The SMILES string of the molecule is CC(O)C(NC(=O)C1CCCN1)C(=O)NC(CC(N)=O)C(=O)NCC(=O)O. The van der Waals surface area contributed by atoms with Crippen LogP contribution < -0.4 is 27.0 Å². The summed E-state index contributed by atoms with van der Waals surface area (Å²) in [6, 6.07) is -3.31. The number of carboxylic acid groups (broad SMARTS) is 1. The van der Waals surface area contributed by atoms with E-state index in [0.29, 0.717) is 13.0 Å². The predicted molar refractivity (Wildman–Crippen MR) is 91.0 cm³/mol. The molecule has 12 nitrogen and oxygen atoms in total. The van der Waals surface area contributed by atoms with Crippen molar-refractivity contribution in [2.45, 2.75) is 50.4 Å². The van der Waals surface area contributed by atoms with E-state index in [1.807, 2.05) is 5.32 Å². The van der Waals surface area contributed by atoms with E-state index >= 15 is 0 Å². The van der Waals surface area contributed by atoms with Crippen LogP contribution in [0.25, 0.3) is 0 Å². The van der Waals surface area contributed by atoms with Gasteiger partial charge < -0.3 is 37.2 Å². The van der Waals surface area contributed by atoms with Gasteiger partial charge in [-0.05, 0) is 26.3 Å². The smallest absolute Gasteiger partial charge is 0.322 e. The zero-order chi connectivity index (χ0) is 20.6. The Hall–Kier alpha value is -2.73. The van der Waals surface area contributed by atoms with E-state index in [2.05, 4.69) is 16.0 Å². The number of rotatable bonds is 10. The van der Waals surface area contributed by atoms with Crippen molar-refractivity contribution >= 4 is 29.6 Å². The highest BCUT2D eigenvalue weighted by atomic mass is 16.4. The molecule has 0 saturated carbocycles. The summed E-state index contributed by atoms with van der Waals surface area (Å²) in [5, 5.41) is 28.0. The summed E-state index contributed by atoms with van der Waals surface area (Å²) in [5.41, 5.74) is 5.05. The molecule has 0 aliphatic carbocycles. The summed E-state index contributed by atoms with van der Waals surface area (Å²) in [5.74, 6) is -4.54. The molecule has 1 aliphatic rings. The van der Waals surface area contributed by atoms with Gasteiger partial charge in [0.1, 0.15) is 18.6 Å². The van der Waals surface area contributed by atoms with Crippen molar-refractivity contribution in [3.05, 3.63) is 0 Å². The number of primary amides is 1. The monoisotopic (exact) mass is 387 g/mol. The standard InChI is InChI=1S/C15H25N5O7/c1-7(21)12(20-14(26)8-3-2-4-17-8)15(27)19-9(5-10(16)22)13(25)18-6-11(23)24/h7-9,12,17,21H,2-6H2,1H3,(H2,16,22)(H,18,25)(H,19,27)(H,20,26)(H,23,24). The maximum Gasteiger partial charge on any atom is 0.322 e. The van der Waals surface area contributed by atoms with E-state index in [4.69, 9.17) is 10.8 Å². The summed E-state index contributed by atoms with van der Waals surface area (Å²) in [6.45, 7) is 1.22. The molecule has 0 spiro atoms.